The first-order valence-corrected chi connectivity index (χ1v) is 15.1. The van der Waals surface area contributed by atoms with Crippen LogP contribution < -0.4 is 4.74 Å². The van der Waals surface area contributed by atoms with Crippen LogP contribution in [-0.2, 0) is 0 Å². The molecule has 196 valence electrons. The molecular formula is C40H24OS. The molecule has 0 amide bonds. The minimum Gasteiger partial charge on any atom is -0.456 e. The van der Waals surface area contributed by atoms with Crippen LogP contribution in [-0.4, -0.2) is 0 Å². The lowest BCUT2D eigenvalue weighted by Crippen LogP contribution is -1.97. The van der Waals surface area contributed by atoms with Crippen LogP contribution in [0.4, 0.5) is 0 Å². The maximum absolute atomic E-state index is 6.31. The van der Waals surface area contributed by atoms with Gasteiger partial charge in [0.2, 0.25) is 0 Å². The van der Waals surface area contributed by atoms with Crippen LogP contribution in [0, 0.1) is 0 Å². The number of fused-ring (bicyclic) bond motifs is 5. The van der Waals surface area contributed by atoms with E-state index >= 15 is 0 Å². The molecule has 0 saturated carbocycles. The van der Waals surface area contributed by atoms with Gasteiger partial charge in [-0.05, 0) is 69.1 Å². The van der Waals surface area contributed by atoms with Crippen LogP contribution in [0.1, 0.15) is 0 Å². The summed E-state index contributed by atoms with van der Waals surface area (Å²) < 4.78 is 8.97. The highest BCUT2D eigenvalue weighted by atomic mass is 32.1. The van der Waals surface area contributed by atoms with E-state index < -0.39 is 0 Å². The van der Waals surface area contributed by atoms with Crippen molar-refractivity contribution in [3.05, 3.63) is 146 Å². The van der Waals surface area contributed by atoms with Crippen molar-refractivity contribution in [1.82, 2.24) is 0 Å². The Morgan fingerprint density at radius 1 is 0.405 bits per heavy atom. The quantitative estimate of drug-likeness (QED) is 0.212. The minimum absolute atomic E-state index is 0.907. The molecule has 0 atom stereocenters. The van der Waals surface area contributed by atoms with Crippen LogP contribution in [0.25, 0.3) is 75.5 Å². The number of ether oxygens (including phenoxy) is 1. The third kappa shape index (κ3) is 3.49. The zero-order chi connectivity index (χ0) is 27.6. The lowest BCUT2D eigenvalue weighted by atomic mass is 9.86. The van der Waals surface area contributed by atoms with Crippen molar-refractivity contribution in [3.63, 3.8) is 0 Å². The molecule has 1 aromatic heterocycles. The van der Waals surface area contributed by atoms with Crippen LogP contribution in [0.15, 0.2) is 146 Å². The van der Waals surface area contributed by atoms with Crippen LogP contribution in [0.5, 0.6) is 11.5 Å². The molecule has 0 unspecified atom stereocenters. The highest BCUT2D eigenvalue weighted by Crippen LogP contribution is 2.49. The van der Waals surface area contributed by atoms with E-state index in [4.69, 9.17) is 4.74 Å². The molecule has 0 radical (unpaired) electrons. The second-order valence-electron chi connectivity index (χ2n) is 10.8. The summed E-state index contributed by atoms with van der Waals surface area (Å²) in [7, 11) is 0. The Hall–Kier alpha value is -5.18. The molecular weight excluding hydrogens is 529 g/mol. The Balaban J connectivity index is 1.28. The molecule has 2 heteroatoms. The fourth-order valence-electron chi connectivity index (χ4n) is 6.62. The van der Waals surface area contributed by atoms with Crippen molar-refractivity contribution < 1.29 is 4.74 Å². The van der Waals surface area contributed by atoms with Gasteiger partial charge in [0.1, 0.15) is 11.5 Å². The second kappa shape index (κ2) is 9.17. The van der Waals surface area contributed by atoms with E-state index in [1.54, 1.807) is 0 Å². The predicted molar refractivity (Wildman–Crippen MR) is 179 cm³/mol. The summed E-state index contributed by atoms with van der Waals surface area (Å²) in [6.07, 6.45) is 0. The standard InChI is InChI=1S/C40H24OS/c1-2-13-28(29-14-3-4-15-30(29)33-18-10-19-34-32-17-6-8-22-38(32)42-40(33)34)27(12-1)26-23-25-11-9-21-37-39(25)35(24-26)31-16-5-7-20-36(31)41-37/h1-24H. The van der Waals surface area contributed by atoms with Crippen molar-refractivity contribution in [2.45, 2.75) is 0 Å². The molecule has 8 aromatic rings. The van der Waals surface area contributed by atoms with Gasteiger partial charge in [-0.25, -0.2) is 0 Å². The third-order valence-electron chi connectivity index (χ3n) is 8.49. The number of para-hydroxylation sites is 1. The fraction of sp³-hybridized carbons (Fsp3) is 0. The maximum Gasteiger partial charge on any atom is 0.135 e. The maximum atomic E-state index is 6.31. The SMILES string of the molecule is c1ccc2c(c1)Oc1cccc3cc(-c4ccccc4-c4ccccc4-c4cccc5c4sc4ccccc45)cc-2c13. The highest BCUT2D eigenvalue weighted by Gasteiger charge is 2.22. The molecule has 1 nitrogen and oxygen atoms in total. The molecule has 1 aliphatic heterocycles. The normalized spacial score (nSPS) is 12.0. The van der Waals surface area contributed by atoms with Gasteiger partial charge in [0, 0.05) is 36.7 Å². The smallest absolute Gasteiger partial charge is 0.135 e. The minimum atomic E-state index is 0.907. The van der Waals surface area contributed by atoms with E-state index in [1.807, 2.05) is 17.4 Å². The molecule has 42 heavy (non-hydrogen) atoms. The first-order chi connectivity index (χ1) is 20.8. The molecule has 0 saturated heterocycles. The van der Waals surface area contributed by atoms with Crippen molar-refractivity contribution in [2.75, 3.05) is 0 Å². The topological polar surface area (TPSA) is 9.23 Å². The van der Waals surface area contributed by atoms with Gasteiger partial charge in [0.05, 0.1) is 0 Å². The van der Waals surface area contributed by atoms with Crippen molar-refractivity contribution in [1.29, 1.82) is 0 Å². The van der Waals surface area contributed by atoms with Crippen LogP contribution in [0.2, 0.25) is 0 Å². The van der Waals surface area contributed by atoms with Gasteiger partial charge < -0.3 is 4.74 Å². The Labute approximate surface area is 247 Å². The van der Waals surface area contributed by atoms with Crippen molar-refractivity contribution in [3.8, 4) is 56.0 Å². The summed E-state index contributed by atoms with van der Waals surface area (Å²) in [4.78, 5) is 0. The number of benzene rings is 7. The fourth-order valence-corrected chi connectivity index (χ4v) is 7.86. The lowest BCUT2D eigenvalue weighted by Gasteiger charge is -2.23. The van der Waals surface area contributed by atoms with E-state index in [9.17, 15) is 0 Å². The average molecular weight is 553 g/mol. The molecule has 7 aromatic carbocycles. The average Bonchev–Trinajstić information content (AvgIpc) is 3.44. The van der Waals surface area contributed by atoms with E-state index in [-0.39, 0.29) is 0 Å². The summed E-state index contributed by atoms with van der Waals surface area (Å²) in [5, 5.41) is 5.01. The van der Waals surface area contributed by atoms with Crippen LogP contribution >= 0.6 is 11.3 Å². The third-order valence-corrected chi connectivity index (χ3v) is 9.71. The molecule has 0 spiro atoms. The Morgan fingerprint density at radius 3 is 1.86 bits per heavy atom. The number of hydrogen-bond donors (Lipinski definition) is 0. The summed E-state index contributed by atoms with van der Waals surface area (Å²) >= 11 is 1.88. The van der Waals surface area contributed by atoms with E-state index in [1.165, 1.54) is 69.9 Å². The number of rotatable bonds is 3. The Morgan fingerprint density at radius 2 is 1.00 bits per heavy atom. The molecule has 0 aliphatic carbocycles. The zero-order valence-corrected chi connectivity index (χ0v) is 23.5. The molecule has 0 fully saturated rings. The van der Waals surface area contributed by atoms with Gasteiger partial charge in [-0.15, -0.1) is 11.3 Å². The van der Waals surface area contributed by atoms with Gasteiger partial charge >= 0.3 is 0 Å². The molecule has 0 bridgehead atoms. The predicted octanol–water partition coefficient (Wildman–Crippen LogP) is 12.0. The largest absolute Gasteiger partial charge is 0.456 e. The van der Waals surface area contributed by atoms with E-state index in [0.29, 0.717) is 0 Å². The van der Waals surface area contributed by atoms with Gasteiger partial charge in [-0.1, -0.05) is 115 Å². The number of thiophene rings is 1. The summed E-state index contributed by atoms with van der Waals surface area (Å²) in [5.74, 6) is 1.83. The van der Waals surface area contributed by atoms with E-state index in [2.05, 4.69) is 140 Å². The van der Waals surface area contributed by atoms with Crippen molar-refractivity contribution in [2.24, 2.45) is 0 Å². The van der Waals surface area contributed by atoms with Crippen LogP contribution in [0.3, 0.4) is 0 Å². The summed E-state index contributed by atoms with van der Waals surface area (Å²) in [6, 6.07) is 52.5. The molecule has 9 rings (SSSR count). The first kappa shape index (κ1) is 23.5. The van der Waals surface area contributed by atoms with Gasteiger partial charge in [-0.2, -0.15) is 0 Å². The van der Waals surface area contributed by atoms with Gasteiger partial charge in [-0.3, -0.25) is 0 Å². The molecule has 1 aliphatic rings. The monoisotopic (exact) mass is 552 g/mol. The van der Waals surface area contributed by atoms with Gasteiger partial charge in [0.15, 0.2) is 0 Å². The van der Waals surface area contributed by atoms with E-state index in [0.717, 1.165) is 17.1 Å². The summed E-state index contributed by atoms with van der Waals surface area (Å²) in [5.41, 5.74) is 9.79. The lowest BCUT2D eigenvalue weighted by molar-refractivity contribution is 0.487. The molecule has 0 N–H and O–H groups in total. The van der Waals surface area contributed by atoms with Crippen molar-refractivity contribution >= 4 is 42.3 Å². The number of hydrogen-bond acceptors (Lipinski definition) is 2. The Bertz CT molecular complexity index is 2340. The zero-order valence-electron chi connectivity index (χ0n) is 22.7. The second-order valence-corrected chi connectivity index (χ2v) is 11.9. The summed E-state index contributed by atoms with van der Waals surface area (Å²) in [6.45, 7) is 0. The Kier molecular flexibility index (Phi) is 5.13. The molecule has 2 heterocycles. The van der Waals surface area contributed by atoms with Gasteiger partial charge in [0.25, 0.3) is 0 Å². The highest BCUT2D eigenvalue weighted by molar-refractivity contribution is 7.26. The first-order valence-electron chi connectivity index (χ1n) is 14.3.